The molecule has 8 heteroatoms. The molecule has 1 heterocycles. The Morgan fingerprint density at radius 3 is 2.50 bits per heavy atom. The maximum atomic E-state index is 11.6. The molecule has 0 aromatic carbocycles. The third-order valence-electron chi connectivity index (χ3n) is 3.50. The minimum Gasteiger partial charge on any atom is -0.468 e. The molecule has 1 unspecified atom stereocenters. The number of hydrogen-bond donors (Lipinski definition) is 3. The SMILES string of the molecule is CN=C(NCCCNC(=O)OC(C)(C)C)NCC(c1ccco1)N(C)C. The second kappa shape index (κ2) is 10.7. The van der Waals surface area contributed by atoms with Crippen LogP contribution >= 0.6 is 0 Å². The molecule has 1 aromatic rings. The Kier molecular flexibility index (Phi) is 8.98. The van der Waals surface area contributed by atoms with Gasteiger partial charge in [-0.2, -0.15) is 0 Å². The van der Waals surface area contributed by atoms with Gasteiger partial charge in [-0.15, -0.1) is 0 Å². The van der Waals surface area contributed by atoms with Gasteiger partial charge >= 0.3 is 6.09 Å². The molecule has 0 aliphatic carbocycles. The van der Waals surface area contributed by atoms with Gasteiger partial charge in [0.05, 0.1) is 12.3 Å². The number of nitrogens with one attached hydrogen (secondary N) is 3. The predicted octanol–water partition coefficient (Wildman–Crippen LogP) is 1.96. The highest BCUT2D eigenvalue weighted by molar-refractivity contribution is 5.79. The van der Waals surface area contributed by atoms with E-state index in [4.69, 9.17) is 9.15 Å². The van der Waals surface area contributed by atoms with Crippen LogP contribution in [0.2, 0.25) is 0 Å². The number of amides is 1. The van der Waals surface area contributed by atoms with Gasteiger partial charge in [-0.25, -0.2) is 4.79 Å². The zero-order valence-electron chi connectivity index (χ0n) is 16.8. The monoisotopic (exact) mass is 367 g/mol. The number of carbonyl (C=O) groups excluding carboxylic acids is 1. The molecule has 0 fully saturated rings. The van der Waals surface area contributed by atoms with Gasteiger partial charge in [-0.1, -0.05) is 0 Å². The van der Waals surface area contributed by atoms with E-state index in [1.807, 2.05) is 47.0 Å². The van der Waals surface area contributed by atoms with Crippen molar-refractivity contribution in [3.8, 4) is 0 Å². The summed E-state index contributed by atoms with van der Waals surface area (Å²) in [7, 11) is 5.74. The lowest BCUT2D eigenvalue weighted by Gasteiger charge is -2.23. The van der Waals surface area contributed by atoms with Gasteiger partial charge in [0, 0.05) is 26.7 Å². The van der Waals surface area contributed by atoms with Crippen LogP contribution in [0.4, 0.5) is 4.79 Å². The highest BCUT2D eigenvalue weighted by atomic mass is 16.6. The molecule has 1 amide bonds. The number of aliphatic imine (C=N–C) groups is 1. The molecule has 0 aliphatic rings. The number of furan rings is 1. The summed E-state index contributed by atoms with van der Waals surface area (Å²) in [6.07, 6.45) is 2.04. The Labute approximate surface area is 156 Å². The number of hydrogen-bond acceptors (Lipinski definition) is 5. The van der Waals surface area contributed by atoms with Gasteiger partial charge in [0.1, 0.15) is 11.4 Å². The van der Waals surface area contributed by atoms with Crippen LogP contribution in [-0.4, -0.2) is 63.3 Å². The fourth-order valence-electron chi connectivity index (χ4n) is 2.23. The number of likely N-dealkylation sites (N-methyl/N-ethyl adjacent to an activating group) is 1. The van der Waals surface area contributed by atoms with E-state index >= 15 is 0 Å². The quantitative estimate of drug-likeness (QED) is 0.370. The normalized spacial score (nSPS) is 13.4. The molecule has 0 saturated heterocycles. The van der Waals surface area contributed by atoms with Crippen LogP contribution in [0.25, 0.3) is 0 Å². The Balaban J connectivity index is 2.28. The van der Waals surface area contributed by atoms with Gasteiger partial charge < -0.3 is 25.1 Å². The van der Waals surface area contributed by atoms with Crippen molar-refractivity contribution in [2.45, 2.75) is 38.8 Å². The van der Waals surface area contributed by atoms with E-state index in [1.165, 1.54) is 0 Å². The first-order valence-electron chi connectivity index (χ1n) is 8.84. The molecule has 0 radical (unpaired) electrons. The summed E-state index contributed by atoms with van der Waals surface area (Å²) >= 11 is 0. The van der Waals surface area contributed by atoms with Crippen LogP contribution in [0.15, 0.2) is 27.8 Å². The summed E-state index contributed by atoms with van der Waals surface area (Å²) < 4.78 is 10.7. The van der Waals surface area contributed by atoms with Crippen molar-refractivity contribution in [3.63, 3.8) is 0 Å². The number of guanidine groups is 1. The lowest BCUT2D eigenvalue weighted by atomic mass is 10.2. The average molecular weight is 367 g/mol. The summed E-state index contributed by atoms with van der Waals surface area (Å²) in [5.74, 6) is 1.61. The topological polar surface area (TPSA) is 91.1 Å². The molecule has 8 nitrogen and oxygen atoms in total. The number of nitrogens with zero attached hydrogens (tertiary/aromatic N) is 2. The van der Waals surface area contributed by atoms with Crippen molar-refractivity contribution in [1.82, 2.24) is 20.9 Å². The summed E-state index contributed by atoms with van der Waals surface area (Å²) in [6.45, 7) is 7.40. The highest BCUT2D eigenvalue weighted by Crippen LogP contribution is 2.17. The molecule has 1 atom stereocenters. The first-order chi connectivity index (χ1) is 12.2. The molecule has 1 rings (SSSR count). The summed E-state index contributed by atoms with van der Waals surface area (Å²) in [6, 6.07) is 3.96. The lowest BCUT2D eigenvalue weighted by molar-refractivity contribution is 0.0527. The van der Waals surface area contributed by atoms with Crippen LogP contribution in [0.3, 0.4) is 0 Å². The van der Waals surface area contributed by atoms with E-state index in [9.17, 15) is 4.79 Å². The Morgan fingerprint density at radius 2 is 1.96 bits per heavy atom. The zero-order chi connectivity index (χ0) is 19.6. The van der Waals surface area contributed by atoms with E-state index in [0.29, 0.717) is 25.6 Å². The molecule has 148 valence electrons. The Hall–Kier alpha value is -2.22. The average Bonchev–Trinajstić information content (AvgIpc) is 3.04. The molecule has 0 saturated carbocycles. The molecule has 0 spiro atoms. The minimum absolute atomic E-state index is 0.109. The van der Waals surface area contributed by atoms with Crippen molar-refractivity contribution in [3.05, 3.63) is 24.2 Å². The largest absolute Gasteiger partial charge is 0.468 e. The van der Waals surface area contributed by atoms with E-state index in [-0.39, 0.29) is 6.04 Å². The summed E-state index contributed by atoms with van der Waals surface area (Å²) in [5.41, 5.74) is -0.481. The Bertz CT molecular complexity index is 550. The third kappa shape index (κ3) is 8.75. The van der Waals surface area contributed by atoms with Crippen LogP contribution in [0.1, 0.15) is 39.0 Å². The number of rotatable bonds is 8. The lowest BCUT2D eigenvalue weighted by Crippen LogP contribution is -2.42. The second-order valence-electron chi connectivity index (χ2n) is 7.16. The third-order valence-corrected chi connectivity index (χ3v) is 3.50. The van der Waals surface area contributed by atoms with Gasteiger partial charge in [0.2, 0.25) is 0 Å². The summed E-state index contributed by atoms with van der Waals surface area (Å²) in [4.78, 5) is 17.9. The minimum atomic E-state index is -0.481. The van der Waals surface area contributed by atoms with Crippen LogP contribution in [0.5, 0.6) is 0 Å². The zero-order valence-corrected chi connectivity index (χ0v) is 16.8. The van der Waals surface area contributed by atoms with E-state index in [2.05, 4.69) is 25.8 Å². The van der Waals surface area contributed by atoms with Gasteiger partial charge in [-0.3, -0.25) is 9.89 Å². The van der Waals surface area contributed by atoms with E-state index in [0.717, 1.165) is 12.2 Å². The van der Waals surface area contributed by atoms with E-state index in [1.54, 1.807) is 13.3 Å². The van der Waals surface area contributed by atoms with Crippen molar-refractivity contribution in [2.75, 3.05) is 40.8 Å². The van der Waals surface area contributed by atoms with Gasteiger partial charge in [-0.05, 0) is 53.4 Å². The molecule has 0 aliphatic heterocycles. The maximum absolute atomic E-state index is 11.6. The van der Waals surface area contributed by atoms with Crippen LogP contribution in [-0.2, 0) is 4.74 Å². The number of carbonyl (C=O) groups is 1. The molecular weight excluding hydrogens is 334 g/mol. The molecule has 3 N–H and O–H groups in total. The second-order valence-corrected chi connectivity index (χ2v) is 7.16. The van der Waals surface area contributed by atoms with Gasteiger partial charge in [0.25, 0.3) is 0 Å². The first kappa shape index (κ1) is 21.8. The summed E-state index contributed by atoms with van der Waals surface area (Å²) in [5, 5.41) is 9.26. The highest BCUT2D eigenvalue weighted by Gasteiger charge is 2.17. The van der Waals surface area contributed by atoms with Crippen molar-refractivity contribution in [2.24, 2.45) is 4.99 Å². The molecular formula is C18H33N5O3. The van der Waals surface area contributed by atoms with Crippen molar-refractivity contribution >= 4 is 12.1 Å². The first-order valence-corrected chi connectivity index (χ1v) is 8.84. The standard InChI is InChI=1S/C18H33N5O3/c1-18(2,3)26-17(24)21-11-8-10-20-16(19-4)22-13-14(23(5)6)15-9-7-12-25-15/h7,9,12,14H,8,10-11,13H2,1-6H3,(H,21,24)(H2,19,20,22). The predicted molar refractivity (Wildman–Crippen MR) is 103 cm³/mol. The van der Waals surface area contributed by atoms with E-state index < -0.39 is 11.7 Å². The molecule has 0 bridgehead atoms. The van der Waals surface area contributed by atoms with Crippen molar-refractivity contribution in [1.29, 1.82) is 0 Å². The maximum Gasteiger partial charge on any atom is 0.407 e. The smallest absolute Gasteiger partial charge is 0.407 e. The fraction of sp³-hybridized carbons (Fsp3) is 0.667. The van der Waals surface area contributed by atoms with Crippen LogP contribution < -0.4 is 16.0 Å². The van der Waals surface area contributed by atoms with Crippen molar-refractivity contribution < 1.29 is 13.9 Å². The number of alkyl carbamates (subject to hydrolysis) is 1. The fourth-order valence-corrected chi connectivity index (χ4v) is 2.23. The van der Waals surface area contributed by atoms with Crippen LogP contribution in [0, 0.1) is 0 Å². The molecule has 1 aromatic heterocycles. The number of ether oxygens (including phenoxy) is 1. The van der Waals surface area contributed by atoms with Gasteiger partial charge in [0.15, 0.2) is 5.96 Å². The Morgan fingerprint density at radius 1 is 1.27 bits per heavy atom. The molecule has 26 heavy (non-hydrogen) atoms.